The van der Waals surface area contributed by atoms with E-state index >= 15 is 0 Å². The van der Waals surface area contributed by atoms with Gasteiger partial charge in [0.25, 0.3) is 5.56 Å². The van der Waals surface area contributed by atoms with Gasteiger partial charge in [-0.05, 0) is 38.8 Å². The van der Waals surface area contributed by atoms with Crippen molar-refractivity contribution < 1.29 is 4.79 Å². The van der Waals surface area contributed by atoms with Gasteiger partial charge in [0.2, 0.25) is 11.9 Å². The minimum Gasteiger partial charge on any atom is -0.342 e. The van der Waals surface area contributed by atoms with Gasteiger partial charge in [-0.3, -0.25) is 14.2 Å². The van der Waals surface area contributed by atoms with Gasteiger partial charge in [0.05, 0.1) is 0 Å². The third-order valence-electron chi connectivity index (χ3n) is 4.48. The second-order valence-electron chi connectivity index (χ2n) is 6.29. The fourth-order valence-electron chi connectivity index (χ4n) is 3.24. The zero-order valence-corrected chi connectivity index (χ0v) is 14.8. The number of aryl methyl sites for hydroxylation is 1. The van der Waals surface area contributed by atoms with Crippen LogP contribution < -0.4 is 15.4 Å². The van der Waals surface area contributed by atoms with Crippen LogP contribution in [0.2, 0.25) is 0 Å². The molecule has 0 radical (unpaired) electrons. The lowest BCUT2D eigenvalue weighted by atomic mass is 10.3. The Hall–Kier alpha value is -2.63. The zero-order chi connectivity index (χ0) is 17.8. The van der Waals surface area contributed by atoms with Crippen LogP contribution in [-0.4, -0.2) is 35.1 Å². The van der Waals surface area contributed by atoms with Gasteiger partial charge in [0.1, 0.15) is 6.54 Å². The minimum absolute atomic E-state index is 0.000676. The van der Waals surface area contributed by atoms with E-state index in [-0.39, 0.29) is 18.0 Å². The molecule has 132 valence electrons. The van der Waals surface area contributed by atoms with Crippen molar-refractivity contribution in [2.24, 2.45) is 0 Å². The lowest BCUT2D eigenvalue weighted by Gasteiger charge is -2.25. The maximum Gasteiger partial charge on any atom is 0.255 e. The average Bonchev–Trinajstić information content (AvgIpc) is 3.13. The van der Waals surface area contributed by atoms with Crippen molar-refractivity contribution in [2.45, 2.75) is 33.2 Å². The minimum atomic E-state index is -0.174. The van der Waals surface area contributed by atoms with E-state index in [0.717, 1.165) is 31.6 Å². The van der Waals surface area contributed by atoms with Crippen LogP contribution in [0.5, 0.6) is 0 Å². The number of hydrogen-bond acceptors (Lipinski definition) is 4. The maximum absolute atomic E-state index is 12.9. The summed E-state index contributed by atoms with van der Waals surface area (Å²) in [5, 5.41) is 0. The number of amides is 1. The Kier molecular flexibility index (Phi) is 5.16. The zero-order valence-electron chi connectivity index (χ0n) is 14.8. The molecule has 25 heavy (non-hydrogen) atoms. The Morgan fingerprint density at radius 3 is 2.52 bits per heavy atom. The van der Waals surface area contributed by atoms with Crippen molar-refractivity contribution in [3.63, 3.8) is 0 Å². The first kappa shape index (κ1) is 17.2. The highest BCUT2D eigenvalue weighted by Crippen LogP contribution is 2.18. The van der Waals surface area contributed by atoms with Crippen LogP contribution in [0, 0.1) is 6.92 Å². The number of para-hydroxylation sites is 1. The van der Waals surface area contributed by atoms with Crippen molar-refractivity contribution in [1.29, 1.82) is 0 Å². The summed E-state index contributed by atoms with van der Waals surface area (Å²) in [5.74, 6) is 0.502. The molecule has 0 N–H and O–H groups in total. The molecule has 1 aromatic heterocycles. The number of aromatic nitrogens is 2. The van der Waals surface area contributed by atoms with E-state index in [4.69, 9.17) is 0 Å². The van der Waals surface area contributed by atoms with Crippen LogP contribution >= 0.6 is 0 Å². The molecule has 1 aliphatic heterocycles. The van der Waals surface area contributed by atoms with E-state index in [2.05, 4.69) is 9.88 Å². The molecule has 0 atom stereocenters. The Morgan fingerprint density at radius 1 is 1.20 bits per heavy atom. The fraction of sp³-hybridized carbons (Fsp3) is 0.421. The van der Waals surface area contributed by atoms with Crippen molar-refractivity contribution >= 4 is 17.5 Å². The molecule has 1 fully saturated rings. The monoisotopic (exact) mass is 340 g/mol. The van der Waals surface area contributed by atoms with Gasteiger partial charge in [0.15, 0.2) is 0 Å². The quantitative estimate of drug-likeness (QED) is 0.837. The molecule has 3 rings (SSSR count). The summed E-state index contributed by atoms with van der Waals surface area (Å²) in [5.41, 5.74) is 1.35. The van der Waals surface area contributed by atoms with E-state index in [9.17, 15) is 9.59 Å². The van der Waals surface area contributed by atoms with Gasteiger partial charge in [-0.1, -0.05) is 18.2 Å². The van der Waals surface area contributed by atoms with Gasteiger partial charge in [-0.2, -0.15) is 0 Å². The third kappa shape index (κ3) is 3.73. The van der Waals surface area contributed by atoms with Crippen LogP contribution in [0.15, 0.2) is 41.2 Å². The molecule has 6 heteroatoms. The first-order valence-corrected chi connectivity index (χ1v) is 8.79. The smallest absolute Gasteiger partial charge is 0.255 e. The van der Waals surface area contributed by atoms with Crippen LogP contribution in [0.4, 0.5) is 11.6 Å². The van der Waals surface area contributed by atoms with Gasteiger partial charge >= 0.3 is 0 Å². The Bertz CT molecular complexity index is 795. The standard InChI is InChI=1S/C19H24N4O2/c1-3-22(16-9-5-4-6-10-16)18(25)14-23-17(24)13-15(2)20-19(23)21-11-7-8-12-21/h4-6,9-10,13H,3,7-8,11-12,14H2,1-2H3. The maximum atomic E-state index is 12.9. The topological polar surface area (TPSA) is 58.4 Å². The molecule has 1 aliphatic rings. The van der Waals surface area contributed by atoms with Crippen molar-refractivity contribution in [3.05, 3.63) is 52.4 Å². The molecule has 1 aromatic carbocycles. The molecular weight excluding hydrogens is 316 g/mol. The number of hydrogen-bond donors (Lipinski definition) is 0. The predicted octanol–water partition coefficient (Wildman–Crippen LogP) is 2.21. The Balaban J connectivity index is 1.91. The van der Waals surface area contributed by atoms with Gasteiger partial charge < -0.3 is 9.80 Å². The highest BCUT2D eigenvalue weighted by atomic mass is 16.2. The van der Waals surface area contributed by atoms with Gasteiger partial charge in [-0.25, -0.2) is 4.98 Å². The Morgan fingerprint density at radius 2 is 1.88 bits per heavy atom. The average molecular weight is 340 g/mol. The fourth-order valence-corrected chi connectivity index (χ4v) is 3.24. The molecule has 0 aliphatic carbocycles. The second-order valence-corrected chi connectivity index (χ2v) is 6.29. The van der Waals surface area contributed by atoms with Gasteiger partial charge in [0, 0.05) is 37.1 Å². The molecule has 0 bridgehead atoms. The summed E-state index contributed by atoms with van der Waals surface area (Å²) in [4.78, 5) is 33.7. The number of benzene rings is 1. The van der Waals surface area contributed by atoms with Crippen LogP contribution in [0.1, 0.15) is 25.5 Å². The number of nitrogens with zero attached hydrogens (tertiary/aromatic N) is 4. The molecule has 0 saturated carbocycles. The predicted molar refractivity (Wildman–Crippen MR) is 99.2 cm³/mol. The summed E-state index contributed by atoms with van der Waals surface area (Å²) in [7, 11) is 0. The summed E-state index contributed by atoms with van der Waals surface area (Å²) in [6.45, 7) is 6.05. The molecular formula is C19H24N4O2. The van der Waals surface area contributed by atoms with E-state index in [1.165, 1.54) is 10.6 Å². The highest BCUT2D eigenvalue weighted by Gasteiger charge is 2.22. The SMILES string of the molecule is CCN(C(=O)Cn1c(N2CCCC2)nc(C)cc1=O)c1ccccc1. The number of rotatable bonds is 5. The summed E-state index contributed by atoms with van der Waals surface area (Å²) >= 11 is 0. The second kappa shape index (κ2) is 7.51. The number of carbonyl (C=O) groups excluding carboxylic acids is 1. The van der Waals surface area contributed by atoms with Crippen LogP contribution in [0.3, 0.4) is 0 Å². The van der Waals surface area contributed by atoms with Crippen molar-refractivity contribution in [1.82, 2.24) is 9.55 Å². The van der Waals surface area contributed by atoms with Crippen LogP contribution in [-0.2, 0) is 11.3 Å². The number of anilines is 2. The molecule has 0 spiro atoms. The molecule has 1 saturated heterocycles. The van der Waals surface area contributed by atoms with E-state index in [1.54, 1.807) is 4.90 Å². The molecule has 2 heterocycles. The summed E-state index contributed by atoms with van der Waals surface area (Å²) < 4.78 is 1.51. The Labute approximate surface area is 147 Å². The molecule has 6 nitrogen and oxygen atoms in total. The van der Waals surface area contributed by atoms with E-state index in [1.807, 2.05) is 44.2 Å². The lowest BCUT2D eigenvalue weighted by Crippen LogP contribution is -2.39. The summed E-state index contributed by atoms with van der Waals surface area (Å²) in [6.07, 6.45) is 2.17. The molecule has 0 unspecified atom stereocenters. The lowest BCUT2D eigenvalue weighted by molar-refractivity contribution is -0.119. The number of carbonyl (C=O) groups is 1. The first-order valence-electron chi connectivity index (χ1n) is 8.79. The normalized spacial score (nSPS) is 13.9. The largest absolute Gasteiger partial charge is 0.342 e. The van der Waals surface area contributed by atoms with Crippen molar-refractivity contribution in [2.75, 3.05) is 29.4 Å². The van der Waals surface area contributed by atoms with E-state index in [0.29, 0.717) is 18.2 Å². The highest BCUT2D eigenvalue weighted by molar-refractivity contribution is 5.93. The molecule has 1 amide bonds. The number of likely N-dealkylation sites (N-methyl/N-ethyl adjacent to an activating group) is 1. The third-order valence-corrected chi connectivity index (χ3v) is 4.48. The summed E-state index contributed by atoms with van der Waals surface area (Å²) in [6, 6.07) is 11.0. The van der Waals surface area contributed by atoms with Gasteiger partial charge in [-0.15, -0.1) is 0 Å². The van der Waals surface area contributed by atoms with Crippen LogP contribution in [0.25, 0.3) is 0 Å². The van der Waals surface area contributed by atoms with Crippen molar-refractivity contribution in [3.8, 4) is 0 Å². The first-order chi connectivity index (χ1) is 12.1. The van der Waals surface area contributed by atoms with E-state index < -0.39 is 0 Å². The molecule has 2 aromatic rings.